The first-order valence-electron chi connectivity index (χ1n) is 8.29. The highest BCUT2D eigenvalue weighted by molar-refractivity contribution is 6.36. The van der Waals surface area contributed by atoms with E-state index < -0.39 is 5.91 Å². The van der Waals surface area contributed by atoms with Crippen LogP contribution in [0.1, 0.15) is 44.9 Å². The largest absolute Gasteiger partial charge is 0.325 e. The molecule has 6 nitrogen and oxygen atoms in total. The van der Waals surface area contributed by atoms with E-state index in [0.29, 0.717) is 15.7 Å². The van der Waals surface area contributed by atoms with Gasteiger partial charge in [0.15, 0.2) is 0 Å². The van der Waals surface area contributed by atoms with Gasteiger partial charge in [-0.2, -0.15) is 0 Å². The number of hydrogen-bond acceptors (Lipinski definition) is 3. The number of anilines is 1. The van der Waals surface area contributed by atoms with Crippen molar-refractivity contribution >= 4 is 46.6 Å². The van der Waals surface area contributed by atoms with Crippen molar-refractivity contribution in [3.05, 3.63) is 28.2 Å². The van der Waals surface area contributed by atoms with E-state index in [4.69, 9.17) is 23.2 Å². The summed E-state index contributed by atoms with van der Waals surface area (Å²) in [6.45, 7) is 0. The molecule has 0 aromatic heterocycles. The molecule has 1 aromatic carbocycles. The Labute approximate surface area is 156 Å². The van der Waals surface area contributed by atoms with Gasteiger partial charge in [0, 0.05) is 23.8 Å². The number of nitrogens with one attached hydrogen (secondary N) is 3. The highest BCUT2D eigenvalue weighted by Gasteiger charge is 2.21. The summed E-state index contributed by atoms with van der Waals surface area (Å²) in [6, 6.07) is 4.72. The van der Waals surface area contributed by atoms with E-state index in [1.807, 2.05) is 0 Å². The number of amides is 3. The molecule has 1 aliphatic rings. The van der Waals surface area contributed by atoms with Crippen LogP contribution in [0.15, 0.2) is 18.2 Å². The number of halogens is 2. The van der Waals surface area contributed by atoms with Gasteiger partial charge in [0.1, 0.15) is 0 Å². The van der Waals surface area contributed by atoms with Crippen molar-refractivity contribution in [2.45, 2.75) is 44.9 Å². The summed E-state index contributed by atoms with van der Waals surface area (Å²) >= 11 is 11.8. The monoisotopic (exact) mass is 385 g/mol. The molecule has 1 saturated carbocycles. The molecule has 0 unspecified atom stereocenters. The van der Waals surface area contributed by atoms with E-state index in [1.165, 1.54) is 6.07 Å². The Hall–Kier alpha value is -1.79. The van der Waals surface area contributed by atoms with Crippen molar-refractivity contribution in [1.29, 1.82) is 0 Å². The smallest absolute Gasteiger partial charge is 0.241 e. The first-order valence-corrected chi connectivity index (χ1v) is 9.05. The maximum Gasteiger partial charge on any atom is 0.241 e. The molecule has 0 bridgehead atoms. The van der Waals surface area contributed by atoms with Crippen molar-refractivity contribution in [3.63, 3.8) is 0 Å². The third-order valence-electron chi connectivity index (χ3n) is 4.09. The second kappa shape index (κ2) is 9.63. The Kier molecular flexibility index (Phi) is 7.52. The van der Waals surface area contributed by atoms with Crippen LogP contribution in [0, 0.1) is 5.92 Å². The second-order valence-electron chi connectivity index (χ2n) is 6.04. The van der Waals surface area contributed by atoms with Crippen LogP contribution in [-0.4, -0.2) is 17.7 Å². The van der Waals surface area contributed by atoms with Crippen molar-refractivity contribution in [1.82, 2.24) is 10.9 Å². The van der Waals surface area contributed by atoms with Gasteiger partial charge < -0.3 is 5.32 Å². The third-order valence-corrected chi connectivity index (χ3v) is 4.63. The van der Waals surface area contributed by atoms with Crippen molar-refractivity contribution in [3.8, 4) is 0 Å². The van der Waals surface area contributed by atoms with Crippen LogP contribution in [0.25, 0.3) is 0 Å². The van der Waals surface area contributed by atoms with E-state index in [9.17, 15) is 14.4 Å². The topological polar surface area (TPSA) is 87.3 Å². The SMILES string of the molecule is O=C(CCC(=O)Nc1ccc(Cl)cc1Cl)NNC(=O)C1CCCCC1. The predicted molar refractivity (Wildman–Crippen MR) is 97.2 cm³/mol. The van der Waals surface area contributed by atoms with Crippen LogP contribution in [0.2, 0.25) is 10.0 Å². The normalized spacial score (nSPS) is 14.6. The average molecular weight is 386 g/mol. The summed E-state index contributed by atoms with van der Waals surface area (Å²) in [5.41, 5.74) is 5.22. The Morgan fingerprint density at radius 2 is 1.64 bits per heavy atom. The van der Waals surface area contributed by atoms with Gasteiger partial charge >= 0.3 is 0 Å². The summed E-state index contributed by atoms with van der Waals surface area (Å²) in [4.78, 5) is 35.5. The summed E-state index contributed by atoms with van der Waals surface area (Å²) in [7, 11) is 0. The number of carbonyl (C=O) groups excluding carboxylic acids is 3. The molecule has 0 saturated heterocycles. The molecule has 25 heavy (non-hydrogen) atoms. The molecule has 8 heteroatoms. The minimum absolute atomic E-state index is 0.0237. The van der Waals surface area contributed by atoms with Gasteiger partial charge in [0.05, 0.1) is 10.7 Å². The molecule has 0 atom stereocenters. The Morgan fingerprint density at radius 3 is 2.32 bits per heavy atom. The zero-order valence-electron chi connectivity index (χ0n) is 13.7. The van der Waals surface area contributed by atoms with Gasteiger partial charge in [-0.3, -0.25) is 25.2 Å². The zero-order chi connectivity index (χ0) is 18.2. The fourth-order valence-corrected chi connectivity index (χ4v) is 3.15. The molecule has 1 aliphatic carbocycles. The molecule has 1 fully saturated rings. The van der Waals surface area contributed by atoms with Crippen LogP contribution in [-0.2, 0) is 14.4 Å². The van der Waals surface area contributed by atoms with E-state index in [0.717, 1.165) is 32.1 Å². The van der Waals surface area contributed by atoms with Gasteiger partial charge in [0.2, 0.25) is 17.7 Å². The van der Waals surface area contributed by atoms with Crippen LogP contribution < -0.4 is 16.2 Å². The Balaban J connectivity index is 1.68. The molecule has 136 valence electrons. The van der Waals surface area contributed by atoms with Gasteiger partial charge in [-0.15, -0.1) is 0 Å². The Bertz CT molecular complexity index is 646. The minimum Gasteiger partial charge on any atom is -0.325 e. The molecule has 0 radical (unpaired) electrons. The molecule has 3 N–H and O–H groups in total. The quantitative estimate of drug-likeness (QED) is 0.678. The lowest BCUT2D eigenvalue weighted by Gasteiger charge is -2.20. The fraction of sp³-hybridized carbons (Fsp3) is 0.471. The van der Waals surface area contributed by atoms with Crippen molar-refractivity contribution in [2.75, 3.05) is 5.32 Å². The lowest BCUT2D eigenvalue weighted by Crippen LogP contribution is -2.45. The molecule has 0 aliphatic heterocycles. The molecular weight excluding hydrogens is 365 g/mol. The van der Waals surface area contributed by atoms with E-state index >= 15 is 0 Å². The second-order valence-corrected chi connectivity index (χ2v) is 6.89. The molecule has 0 spiro atoms. The lowest BCUT2D eigenvalue weighted by molar-refractivity contribution is -0.132. The highest BCUT2D eigenvalue weighted by Crippen LogP contribution is 2.25. The van der Waals surface area contributed by atoms with E-state index in [-0.39, 0.29) is 30.6 Å². The molecule has 2 rings (SSSR count). The van der Waals surface area contributed by atoms with Gasteiger partial charge in [0.25, 0.3) is 0 Å². The predicted octanol–water partition coefficient (Wildman–Crippen LogP) is 3.44. The first kappa shape index (κ1) is 19.5. The summed E-state index contributed by atoms with van der Waals surface area (Å²) in [5.74, 6) is -0.964. The molecular formula is C17H21Cl2N3O3. The van der Waals surface area contributed by atoms with Gasteiger partial charge in [-0.25, -0.2) is 0 Å². The number of hydrazine groups is 1. The number of benzene rings is 1. The zero-order valence-corrected chi connectivity index (χ0v) is 15.3. The van der Waals surface area contributed by atoms with Crippen molar-refractivity contribution in [2.24, 2.45) is 5.92 Å². The van der Waals surface area contributed by atoms with Crippen LogP contribution in [0.4, 0.5) is 5.69 Å². The van der Waals surface area contributed by atoms with E-state index in [1.54, 1.807) is 12.1 Å². The lowest BCUT2D eigenvalue weighted by atomic mass is 9.89. The maximum atomic E-state index is 11.9. The standard InChI is InChI=1S/C17H21Cl2N3O3/c18-12-6-7-14(13(19)10-12)20-15(23)8-9-16(24)21-22-17(25)11-4-2-1-3-5-11/h6-7,10-11H,1-5,8-9H2,(H,20,23)(H,21,24)(H,22,25). The minimum atomic E-state index is -0.415. The number of rotatable bonds is 5. The summed E-state index contributed by atoms with van der Waals surface area (Å²) in [6.07, 6.45) is 4.88. The Morgan fingerprint density at radius 1 is 0.960 bits per heavy atom. The van der Waals surface area contributed by atoms with Crippen LogP contribution in [0.3, 0.4) is 0 Å². The molecule has 3 amide bonds. The van der Waals surface area contributed by atoms with Gasteiger partial charge in [-0.1, -0.05) is 42.5 Å². The maximum absolute atomic E-state index is 11.9. The highest BCUT2D eigenvalue weighted by atomic mass is 35.5. The molecule has 1 aromatic rings. The number of carbonyl (C=O) groups is 3. The van der Waals surface area contributed by atoms with Crippen LogP contribution in [0.5, 0.6) is 0 Å². The van der Waals surface area contributed by atoms with Crippen molar-refractivity contribution < 1.29 is 14.4 Å². The number of hydrogen-bond donors (Lipinski definition) is 3. The summed E-state index contributed by atoms with van der Waals surface area (Å²) < 4.78 is 0. The molecule has 0 heterocycles. The first-order chi connectivity index (χ1) is 12.0. The van der Waals surface area contributed by atoms with Gasteiger partial charge in [-0.05, 0) is 31.0 Å². The van der Waals surface area contributed by atoms with Crippen LogP contribution >= 0.6 is 23.2 Å². The average Bonchev–Trinajstić information content (AvgIpc) is 2.61. The van der Waals surface area contributed by atoms with E-state index in [2.05, 4.69) is 16.2 Å². The third kappa shape index (κ3) is 6.55. The fourth-order valence-electron chi connectivity index (χ4n) is 2.69. The summed E-state index contributed by atoms with van der Waals surface area (Å²) in [5, 5.41) is 3.41.